The second kappa shape index (κ2) is 4.89. The first-order chi connectivity index (χ1) is 9.13. The van der Waals surface area contributed by atoms with E-state index in [-0.39, 0.29) is 6.10 Å². The fourth-order valence-corrected chi connectivity index (χ4v) is 3.02. The smallest absolute Gasteiger partial charge is 0.123 e. The monoisotopic (exact) mass is 318 g/mol. The number of halogens is 1. The number of aromatic hydroxyl groups is 1. The molecule has 3 heteroatoms. The summed E-state index contributed by atoms with van der Waals surface area (Å²) in [6, 6.07) is 13.6. The molecule has 0 amide bonds. The van der Waals surface area contributed by atoms with Crippen molar-refractivity contribution in [1.82, 2.24) is 0 Å². The molecule has 19 heavy (non-hydrogen) atoms. The topological polar surface area (TPSA) is 29.5 Å². The molecule has 3 rings (SSSR count). The van der Waals surface area contributed by atoms with Gasteiger partial charge in [-0.2, -0.15) is 0 Å². The predicted octanol–water partition coefficient (Wildman–Crippen LogP) is 4.46. The van der Waals surface area contributed by atoms with Crippen LogP contribution in [-0.2, 0) is 0 Å². The molecule has 2 aromatic rings. The van der Waals surface area contributed by atoms with Crippen LogP contribution in [0.25, 0.3) is 0 Å². The van der Waals surface area contributed by atoms with Crippen LogP contribution in [0.2, 0.25) is 0 Å². The number of fused-ring (bicyclic) bond motifs is 1. The van der Waals surface area contributed by atoms with Crippen molar-refractivity contribution in [3.63, 3.8) is 0 Å². The third-order valence-corrected chi connectivity index (χ3v) is 4.03. The van der Waals surface area contributed by atoms with E-state index in [1.54, 1.807) is 12.1 Å². The number of hydrogen-bond donors (Lipinski definition) is 1. The highest BCUT2D eigenvalue weighted by molar-refractivity contribution is 9.10. The molecular weight excluding hydrogens is 304 g/mol. The molecular formula is C16H15BrO2. The highest BCUT2D eigenvalue weighted by Crippen LogP contribution is 2.41. The summed E-state index contributed by atoms with van der Waals surface area (Å²) >= 11 is 3.52. The molecule has 0 aliphatic carbocycles. The first-order valence-electron chi connectivity index (χ1n) is 6.38. The standard InChI is InChI=1S/C16H15BrO2/c1-10-8-14(11-2-5-13(18)6-3-11)15-9-12(17)4-7-16(15)19-10/h2-7,9-10,14,18H,8H2,1H3. The van der Waals surface area contributed by atoms with Gasteiger partial charge in [0.2, 0.25) is 0 Å². The fourth-order valence-electron chi connectivity index (χ4n) is 2.64. The molecule has 0 fully saturated rings. The maximum absolute atomic E-state index is 9.41. The van der Waals surface area contributed by atoms with E-state index >= 15 is 0 Å². The van der Waals surface area contributed by atoms with Gasteiger partial charge in [-0.05, 0) is 49.2 Å². The zero-order chi connectivity index (χ0) is 13.4. The molecule has 1 heterocycles. The highest BCUT2D eigenvalue weighted by Gasteiger charge is 2.27. The van der Waals surface area contributed by atoms with Crippen molar-refractivity contribution in [3.8, 4) is 11.5 Å². The molecule has 0 bridgehead atoms. The Kier molecular flexibility index (Phi) is 3.23. The molecule has 2 unspecified atom stereocenters. The minimum absolute atomic E-state index is 0.201. The van der Waals surface area contributed by atoms with Crippen molar-refractivity contribution < 1.29 is 9.84 Å². The lowest BCUT2D eigenvalue weighted by atomic mass is 9.84. The summed E-state index contributed by atoms with van der Waals surface area (Å²) in [6.07, 6.45) is 1.15. The van der Waals surface area contributed by atoms with Crippen LogP contribution in [0, 0.1) is 0 Å². The van der Waals surface area contributed by atoms with E-state index in [1.165, 1.54) is 11.1 Å². The van der Waals surface area contributed by atoms with E-state index in [9.17, 15) is 5.11 Å². The second-order valence-corrected chi connectivity index (χ2v) is 5.91. The van der Waals surface area contributed by atoms with Gasteiger partial charge in [0.1, 0.15) is 11.5 Å². The van der Waals surface area contributed by atoms with Crippen molar-refractivity contribution in [3.05, 3.63) is 58.1 Å². The predicted molar refractivity (Wildman–Crippen MR) is 78.8 cm³/mol. The summed E-state index contributed by atoms with van der Waals surface area (Å²) in [5, 5.41) is 9.41. The maximum atomic E-state index is 9.41. The van der Waals surface area contributed by atoms with Gasteiger partial charge in [0, 0.05) is 16.0 Å². The number of phenolic OH excluding ortho intramolecular Hbond substituents is 1. The molecule has 1 aliphatic rings. The molecule has 1 aliphatic heterocycles. The fraction of sp³-hybridized carbons (Fsp3) is 0.250. The molecule has 0 spiro atoms. The maximum Gasteiger partial charge on any atom is 0.123 e. The molecule has 0 aromatic heterocycles. The van der Waals surface area contributed by atoms with Gasteiger partial charge in [-0.15, -0.1) is 0 Å². The van der Waals surface area contributed by atoms with Gasteiger partial charge in [-0.1, -0.05) is 28.1 Å². The summed E-state index contributed by atoms with van der Waals surface area (Å²) in [5.41, 5.74) is 2.42. The molecule has 0 radical (unpaired) electrons. The van der Waals surface area contributed by atoms with E-state index < -0.39 is 0 Å². The Bertz CT molecular complexity index is 592. The van der Waals surface area contributed by atoms with Gasteiger partial charge in [-0.25, -0.2) is 0 Å². The minimum Gasteiger partial charge on any atom is -0.508 e. The first kappa shape index (κ1) is 12.5. The van der Waals surface area contributed by atoms with Crippen molar-refractivity contribution in [1.29, 1.82) is 0 Å². The molecule has 1 N–H and O–H groups in total. The second-order valence-electron chi connectivity index (χ2n) is 4.99. The van der Waals surface area contributed by atoms with E-state index in [0.717, 1.165) is 16.6 Å². The first-order valence-corrected chi connectivity index (χ1v) is 7.18. The SMILES string of the molecule is CC1CC(c2ccc(O)cc2)c2cc(Br)ccc2O1. The number of ether oxygens (including phenoxy) is 1. The van der Waals surface area contributed by atoms with Gasteiger partial charge in [0.25, 0.3) is 0 Å². The largest absolute Gasteiger partial charge is 0.508 e. The molecule has 98 valence electrons. The van der Waals surface area contributed by atoms with Crippen LogP contribution in [0.3, 0.4) is 0 Å². The van der Waals surface area contributed by atoms with E-state index in [4.69, 9.17) is 4.74 Å². The van der Waals surface area contributed by atoms with Crippen molar-refractivity contribution in [2.75, 3.05) is 0 Å². The minimum atomic E-state index is 0.201. The molecule has 2 nitrogen and oxygen atoms in total. The van der Waals surface area contributed by atoms with Gasteiger partial charge in [0.15, 0.2) is 0 Å². The van der Waals surface area contributed by atoms with Crippen molar-refractivity contribution in [2.24, 2.45) is 0 Å². The Morgan fingerprint density at radius 1 is 1.16 bits per heavy atom. The molecule has 0 saturated heterocycles. The Balaban J connectivity index is 2.07. The molecule has 0 saturated carbocycles. The normalized spacial score (nSPS) is 21.6. The highest BCUT2D eigenvalue weighted by atomic mass is 79.9. The number of phenols is 1. The Morgan fingerprint density at radius 2 is 1.89 bits per heavy atom. The lowest BCUT2D eigenvalue weighted by Crippen LogP contribution is -2.23. The third kappa shape index (κ3) is 2.47. The average molecular weight is 319 g/mol. The van der Waals surface area contributed by atoms with Crippen LogP contribution in [0.5, 0.6) is 11.5 Å². The summed E-state index contributed by atoms with van der Waals surface area (Å²) < 4.78 is 6.96. The van der Waals surface area contributed by atoms with E-state index in [0.29, 0.717) is 11.7 Å². The zero-order valence-electron chi connectivity index (χ0n) is 10.6. The van der Waals surface area contributed by atoms with Crippen LogP contribution < -0.4 is 4.74 Å². The van der Waals surface area contributed by atoms with Crippen LogP contribution >= 0.6 is 15.9 Å². The van der Waals surface area contributed by atoms with E-state index in [1.807, 2.05) is 24.3 Å². The quantitative estimate of drug-likeness (QED) is 0.841. The summed E-state index contributed by atoms with van der Waals surface area (Å²) in [7, 11) is 0. The number of rotatable bonds is 1. The summed E-state index contributed by atoms with van der Waals surface area (Å²) in [6.45, 7) is 2.10. The van der Waals surface area contributed by atoms with Gasteiger partial charge in [0.05, 0.1) is 6.10 Å². The third-order valence-electron chi connectivity index (χ3n) is 3.54. The molecule has 2 atom stereocenters. The van der Waals surface area contributed by atoms with Gasteiger partial charge < -0.3 is 9.84 Å². The van der Waals surface area contributed by atoms with Crippen LogP contribution in [0.15, 0.2) is 46.9 Å². The van der Waals surface area contributed by atoms with Gasteiger partial charge >= 0.3 is 0 Å². The Hall–Kier alpha value is -1.48. The van der Waals surface area contributed by atoms with Crippen LogP contribution in [0.4, 0.5) is 0 Å². The van der Waals surface area contributed by atoms with Gasteiger partial charge in [-0.3, -0.25) is 0 Å². The number of hydrogen-bond acceptors (Lipinski definition) is 2. The Labute approximate surface area is 121 Å². The van der Waals surface area contributed by atoms with Crippen molar-refractivity contribution >= 4 is 15.9 Å². The lowest BCUT2D eigenvalue weighted by molar-refractivity contribution is 0.183. The zero-order valence-corrected chi connectivity index (χ0v) is 12.2. The lowest BCUT2D eigenvalue weighted by Gasteiger charge is -2.31. The van der Waals surface area contributed by atoms with Crippen LogP contribution in [0.1, 0.15) is 30.4 Å². The molecule has 2 aromatic carbocycles. The summed E-state index contributed by atoms with van der Waals surface area (Å²) in [4.78, 5) is 0. The van der Waals surface area contributed by atoms with E-state index in [2.05, 4.69) is 28.9 Å². The number of benzene rings is 2. The van der Waals surface area contributed by atoms with Crippen molar-refractivity contribution in [2.45, 2.75) is 25.4 Å². The Morgan fingerprint density at radius 3 is 2.63 bits per heavy atom. The van der Waals surface area contributed by atoms with Crippen LogP contribution in [-0.4, -0.2) is 11.2 Å². The summed E-state index contributed by atoms with van der Waals surface area (Å²) in [5.74, 6) is 1.58. The average Bonchev–Trinajstić information content (AvgIpc) is 2.39.